The number of allylic oxidation sites excluding steroid dienone is 5. The van der Waals surface area contributed by atoms with Crippen LogP contribution in [0, 0.1) is 36.0 Å². The van der Waals surface area contributed by atoms with E-state index in [0.29, 0.717) is 0 Å². The Balaban J connectivity index is 0. The van der Waals surface area contributed by atoms with Gasteiger partial charge in [0.25, 0.3) is 0 Å². The van der Waals surface area contributed by atoms with Crippen molar-refractivity contribution in [1.29, 1.82) is 0 Å². The molecule has 144 valence electrons. The highest BCUT2D eigenvalue weighted by atomic mass is 14.4. The first-order valence-electron chi connectivity index (χ1n) is 10.3. The standard InChI is InChI=1S/C21H32.2C2H6/c1-8-9-10-20(15(2)3)18(7)14-19-13-17(6)11-12-21(19)16(4)5;2*1-2/h1,9-10,16-17,19,21H,7,11-14H2,2-6H3;2*1-2H3/b10-9-;;. The van der Waals surface area contributed by atoms with Gasteiger partial charge in [-0.3, -0.25) is 0 Å². The molecule has 25 heavy (non-hydrogen) atoms. The molecule has 0 N–H and O–H groups in total. The van der Waals surface area contributed by atoms with E-state index in [-0.39, 0.29) is 0 Å². The highest BCUT2D eigenvalue weighted by molar-refractivity contribution is 5.42. The highest BCUT2D eigenvalue weighted by Gasteiger charge is 2.31. The Labute approximate surface area is 159 Å². The van der Waals surface area contributed by atoms with Gasteiger partial charge in [-0.05, 0) is 80.1 Å². The average molecular weight is 345 g/mol. The van der Waals surface area contributed by atoms with Crippen LogP contribution in [0.15, 0.2) is 35.5 Å². The third kappa shape index (κ3) is 9.74. The van der Waals surface area contributed by atoms with Crippen LogP contribution in [0.2, 0.25) is 0 Å². The molecule has 1 aliphatic rings. The fourth-order valence-electron chi connectivity index (χ4n) is 3.83. The van der Waals surface area contributed by atoms with Crippen LogP contribution in [-0.4, -0.2) is 0 Å². The zero-order valence-corrected chi connectivity index (χ0v) is 18.6. The minimum absolute atomic E-state index is 0.770. The van der Waals surface area contributed by atoms with E-state index in [0.717, 1.165) is 30.1 Å². The molecule has 0 aromatic heterocycles. The van der Waals surface area contributed by atoms with E-state index in [1.807, 2.05) is 33.8 Å². The van der Waals surface area contributed by atoms with Gasteiger partial charge in [-0.1, -0.05) is 73.0 Å². The van der Waals surface area contributed by atoms with Gasteiger partial charge >= 0.3 is 0 Å². The van der Waals surface area contributed by atoms with Crippen molar-refractivity contribution in [3.8, 4) is 12.3 Å². The molecule has 0 aromatic carbocycles. The van der Waals surface area contributed by atoms with Crippen LogP contribution in [0.1, 0.15) is 88.0 Å². The van der Waals surface area contributed by atoms with Crippen molar-refractivity contribution in [3.63, 3.8) is 0 Å². The predicted octanol–water partition coefficient (Wildman–Crippen LogP) is 8.22. The van der Waals surface area contributed by atoms with Crippen LogP contribution >= 0.6 is 0 Å². The first-order chi connectivity index (χ1) is 11.9. The maximum absolute atomic E-state index is 5.35. The van der Waals surface area contributed by atoms with E-state index >= 15 is 0 Å². The normalized spacial score (nSPS) is 22.2. The van der Waals surface area contributed by atoms with Gasteiger partial charge in [0.05, 0.1) is 0 Å². The molecule has 0 nitrogen and oxygen atoms in total. The molecule has 1 fully saturated rings. The maximum atomic E-state index is 5.35. The molecule has 0 bridgehead atoms. The topological polar surface area (TPSA) is 0 Å². The summed E-state index contributed by atoms with van der Waals surface area (Å²) in [7, 11) is 0. The smallest absolute Gasteiger partial charge is 0.0116 e. The summed E-state index contributed by atoms with van der Waals surface area (Å²) in [5.74, 6) is 5.83. The summed E-state index contributed by atoms with van der Waals surface area (Å²) < 4.78 is 0. The maximum Gasteiger partial charge on any atom is -0.0116 e. The summed E-state index contributed by atoms with van der Waals surface area (Å²) in [5, 5.41) is 0. The second-order valence-electron chi connectivity index (χ2n) is 7.31. The van der Waals surface area contributed by atoms with Gasteiger partial charge < -0.3 is 0 Å². The van der Waals surface area contributed by atoms with Crippen LogP contribution in [0.5, 0.6) is 0 Å². The second kappa shape index (κ2) is 15.1. The number of rotatable bonds is 5. The van der Waals surface area contributed by atoms with Crippen LogP contribution < -0.4 is 0 Å². The molecule has 1 saturated carbocycles. The second-order valence-corrected chi connectivity index (χ2v) is 7.31. The van der Waals surface area contributed by atoms with Gasteiger partial charge in [0.15, 0.2) is 0 Å². The number of hydrogen-bond donors (Lipinski definition) is 0. The Morgan fingerprint density at radius 3 is 2.16 bits per heavy atom. The lowest BCUT2D eigenvalue weighted by Gasteiger charge is -2.38. The van der Waals surface area contributed by atoms with Crippen LogP contribution in [0.3, 0.4) is 0 Å². The molecule has 0 radical (unpaired) electrons. The molecule has 0 heteroatoms. The van der Waals surface area contributed by atoms with Gasteiger partial charge in [-0.15, -0.1) is 6.42 Å². The van der Waals surface area contributed by atoms with E-state index in [9.17, 15) is 0 Å². The Bertz CT molecular complexity index is 449. The van der Waals surface area contributed by atoms with Gasteiger partial charge in [0, 0.05) is 0 Å². The first-order valence-corrected chi connectivity index (χ1v) is 10.3. The molecule has 1 rings (SSSR count). The monoisotopic (exact) mass is 344 g/mol. The molecule has 0 amide bonds. The van der Waals surface area contributed by atoms with Gasteiger partial charge in [0.1, 0.15) is 0 Å². The van der Waals surface area contributed by atoms with E-state index in [1.165, 1.54) is 36.0 Å². The summed E-state index contributed by atoms with van der Waals surface area (Å²) >= 11 is 0. The van der Waals surface area contributed by atoms with Gasteiger partial charge in [-0.25, -0.2) is 0 Å². The average Bonchev–Trinajstić information content (AvgIpc) is 2.58. The SMILES string of the molecule is C#C/C=C\C(C(=C)CC1CC(C)CCC1C(C)C)=C(C)C.CC.CC. The first kappa shape index (κ1) is 26.0. The van der Waals surface area contributed by atoms with Crippen molar-refractivity contribution >= 4 is 0 Å². The van der Waals surface area contributed by atoms with Crippen molar-refractivity contribution in [3.05, 3.63) is 35.5 Å². The Morgan fingerprint density at radius 2 is 1.72 bits per heavy atom. The zero-order chi connectivity index (χ0) is 20.0. The van der Waals surface area contributed by atoms with Crippen molar-refractivity contribution in [2.24, 2.45) is 23.7 Å². The minimum Gasteiger partial charge on any atom is -0.115 e. The Morgan fingerprint density at radius 1 is 1.16 bits per heavy atom. The Kier molecular flexibility index (Phi) is 15.7. The van der Waals surface area contributed by atoms with Crippen LogP contribution in [0.4, 0.5) is 0 Å². The summed E-state index contributed by atoms with van der Waals surface area (Å²) in [6.45, 7) is 23.8. The number of hydrogen-bond acceptors (Lipinski definition) is 0. The third-order valence-corrected chi connectivity index (χ3v) is 4.93. The lowest BCUT2D eigenvalue weighted by atomic mass is 9.68. The summed E-state index contributed by atoms with van der Waals surface area (Å²) in [4.78, 5) is 0. The summed E-state index contributed by atoms with van der Waals surface area (Å²) in [6, 6.07) is 0. The highest BCUT2D eigenvalue weighted by Crippen LogP contribution is 2.41. The molecule has 0 aliphatic heterocycles. The third-order valence-electron chi connectivity index (χ3n) is 4.93. The molecule has 0 aromatic rings. The van der Waals surface area contributed by atoms with Crippen molar-refractivity contribution in [2.45, 2.75) is 88.0 Å². The van der Waals surface area contributed by atoms with Crippen molar-refractivity contribution in [2.75, 3.05) is 0 Å². The summed E-state index contributed by atoms with van der Waals surface area (Å²) in [6.07, 6.45) is 14.4. The summed E-state index contributed by atoms with van der Waals surface area (Å²) in [5.41, 5.74) is 3.80. The van der Waals surface area contributed by atoms with Crippen LogP contribution in [0.25, 0.3) is 0 Å². The minimum atomic E-state index is 0.770. The fraction of sp³-hybridized carbons (Fsp3) is 0.680. The number of terminal acetylenes is 1. The van der Waals surface area contributed by atoms with Crippen molar-refractivity contribution in [1.82, 2.24) is 0 Å². The fourth-order valence-corrected chi connectivity index (χ4v) is 3.83. The zero-order valence-electron chi connectivity index (χ0n) is 18.6. The predicted molar refractivity (Wildman–Crippen MR) is 118 cm³/mol. The molecule has 1 aliphatic carbocycles. The van der Waals surface area contributed by atoms with E-state index in [2.05, 4.69) is 47.1 Å². The molecule has 0 spiro atoms. The Hall–Kier alpha value is -1.22. The molecule has 0 heterocycles. The van der Waals surface area contributed by atoms with Crippen LogP contribution in [-0.2, 0) is 0 Å². The van der Waals surface area contributed by atoms with E-state index in [4.69, 9.17) is 6.42 Å². The quantitative estimate of drug-likeness (QED) is 0.348. The van der Waals surface area contributed by atoms with Crippen molar-refractivity contribution < 1.29 is 0 Å². The molecular weight excluding hydrogens is 300 g/mol. The lowest BCUT2D eigenvalue weighted by Crippen LogP contribution is -2.28. The van der Waals surface area contributed by atoms with Gasteiger partial charge in [-0.2, -0.15) is 0 Å². The molecule has 3 atom stereocenters. The van der Waals surface area contributed by atoms with Gasteiger partial charge in [0.2, 0.25) is 0 Å². The molecular formula is C25H44. The lowest BCUT2D eigenvalue weighted by molar-refractivity contribution is 0.144. The molecule has 0 saturated heterocycles. The molecule has 3 unspecified atom stereocenters. The largest absolute Gasteiger partial charge is 0.115 e. The van der Waals surface area contributed by atoms with E-state index in [1.54, 1.807) is 6.08 Å². The van der Waals surface area contributed by atoms with E-state index < -0.39 is 0 Å².